The van der Waals surface area contributed by atoms with Crippen molar-refractivity contribution >= 4 is 5.69 Å². The van der Waals surface area contributed by atoms with Crippen LogP contribution in [0.3, 0.4) is 0 Å². The molecule has 1 aromatic carbocycles. The third kappa shape index (κ3) is 4.21. The van der Waals surface area contributed by atoms with Crippen molar-refractivity contribution in [1.82, 2.24) is 4.90 Å². The van der Waals surface area contributed by atoms with Crippen LogP contribution < -0.4 is 5.32 Å². The van der Waals surface area contributed by atoms with E-state index in [2.05, 4.69) is 24.3 Å². The van der Waals surface area contributed by atoms with Crippen LogP contribution in [-0.4, -0.2) is 37.2 Å². The molecule has 0 unspecified atom stereocenters. The van der Waals surface area contributed by atoms with Crippen LogP contribution in [0.5, 0.6) is 5.75 Å². The van der Waals surface area contributed by atoms with E-state index in [1.807, 2.05) is 19.1 Å². The van der Waals surface area contributed by atoms with Crippen LogP contribution in [0.4, 0.5) is 5.69 Å². The molecular weight excluding hydrogens is 188 g/mol. The van der Waals surface area contributed by atoms with Gasteiger partial charge in [-0.15, -0.1) is 0 Å². The van der Waals surface area contributed by atoms with E-state index in [1.165, 1.54) is 0 Å². The molecule has 1 rings (SSSR count). The van der Waals surface area contributed by atoms with Gasteiger partial charge in [0.25, 0.3) is 0 Å². The number of nitrogens with zero attached hydrogens (tertiary/aromatic N) is 1. The molecule has 0 aliphatic rings. The third-order valence-corrected chi connectivity index (χ3v) is 2.32. The largest absolute Gasteiger partial charge is 0.508 e. The lowest BCUT2D eigenvalue weighted by Crippen LogP contribution is -2.16. The first-order valence-corrected chi connectivity index (χ1v) is 5.28. The molecule has 2 N–H and O–H groups in total. The molecule has 0 spiro atoms. The summed E-state index contributed by atoms with van der Waals surface area (Å²) < 4.78 is 0. The molecule has 84 valence electrons. The molecule has 3 nitrogen and oxygen atoms in total. The minimum Gasteiger partial charge on any atom is -0.508 e. The summed E-state index contributed by atoms with van der Waals surface area (Å²) in [4.78, 5) is 2.16. The second kappa shape index (κ2) is 5.61. The fourth-order valence-electron chi connectivity index (χ4n) is 1.35. The van der Waals surface area contributed by atoms with Crippen LogP contribution in [0.2, 0.25) is 0 Å². The standard InChI is InChI=1S/C12H20N2O/c1-10-5-6-11(9-12(10)15)13-7-4-8-14(2)3/h5-6,9,13,15H,4,7-8H2,1-3H3. The molecule has 0 aliphatic carbocycles. The lowest BCUT2D eigenvalue weighted by Gasteiger charge is -2.11. The lowest BCUT2D eigenvalue weighted by molar-refractivity contribution is 0.405. The van der Waals surface area contributed by atoms with Gasteiger partial charge in [0, 0.05) is 18.3 Å². The molecule has 0 saturated carbocycles. The number of phenols is 1. The molecule has 15 heavy (non-hydrogen) atoms. The van der Waals surface area contributed by atoms with E-state index in [9.17, 15) is 5.11 Å². The Kier molecular flexibility index (Phi) is 4.43. The zero-order chi connectivity index (χ0) is 11.3. The minimum atomic E-state index is 0.354. The molecule has 0 heterocycles. The monoisotopic (exact) mass is 208 g/mol. The Balaban J connectivity index is 2.35. The Morgan fingerprint density at radius 3 is 2.67 bits per heavy atom. The average molecular weight is 208 g/mol. The van der Waals surface area contributed by atoms with Gasteiger partial charge in [0.05, 0.1) is 0 Å². The summed E-state index contributed by atoms with van der Waals surface area (Å²) in [7, 11) is 4.13. The van der Waals surface area contributed by atoms with Crippen LogP contribution in [0, 0.1) is 6.92 Å². The summed E-state index contributed by atoms with van der Waals surface area (Å²) in [6.07, 6.45) is 1.10. The van der Waals surface area contributed by atoms with Gasteiger partial charge in [0.2, 0.25) is 0 Å². The van der Waals surface area contributed by atoms with Crippen LogP contribution in [-0.2, 0) is 0 Å². The SMILES string of the molecule is Cc1ccc(NCCCN(C)C)cc1O. The Morgan fingerprint density at radius 2 is 2.07 bits per heavy atom. The van der Waals surface area contributed by atoms with E-state index < -0.39 is 0 Å². The average Bonchev–Trinajstić information content (AvgIpc) is 2.18. The number of aromatic hydroxyl groups is 1. The number of nitrogens with one attached hydrogen (secondary N) is 1. The van der Waals surface area contributed by atoms with Gasteiger partial charge < -0.3 is 15.3 Å². The lowest BCUT2D eigenvalue weighted by atomic mass is 10.2. The molecule has 0 aliphatic heterocycles. The fourth-order valence-corrected chi connectivity index (χ4v) is 1.35. The van der Waals surface area contributed by atoms with Crippen LogP contribution in [0.1, 0.15) is 12.0 Å². The summed E-state index contributed by atoms with van der Waals surface area (Å²) in [5.41, 5.74) is 1.89. The Bertz CT molecular complexity index is 310. The molecule has 0 fully saturated rings. The maximum Gasteiger partial charge on any atom is 0.120 e. The van der Waals surface area contributed by atoms with E-state index >= 15 is 0 Å². The van der Waals surface area contributed by atoms with Crippen LogP contribution in [0.15, 0.2) is 18.2 Å². The first kappa shape index (κ1) is 11.9. The maximum absolute atomic E-state index is 9.50. The Morgan fingerprint density at radius 1 is 1.33 bits per heavy atom. The third-order valence-electron chi connectivity index (χ3n) is 2.32. The highest BCUT2D eigenvalue weighted by atomic mass is 16.3. The number of hydrogen-bond acceptors (Lipinski definition) is 3. The van der Waals surface area contributed by atoms with Crippen molar-refractivity contribution in [3.05, 3.63) is 23.8 Å². The zero-order valence-electron chi connectivity index (χ0n) is 9.75. The molecule has 0 amide bonds. The Hall–Kier alpha value is -1.22. The fraction of sp³-hybridized carbons (Fsp3) is 0.500. The Labute approximate surface area is 91.7 Å². The van der Waals surface area contributed by atoms with E-state index in [0.717, 1.165) is 30.8 Å². The second-order valence-corrected chi connectivity index (χ2v) is 4.08. The van der Waals surface area contributed by atoms with E-state index in [4.69, 9.17) is 0 Å². The first-order chi connectivity index (χ1) is 7.09. The molecule has 0 aromatic heterocycles. The van der Waals surface area contributed by atoms with Gasteiger partial charge >= 0.3 is 0 Å². The number of phenolic OH excluding ortho intramolecular Hbond substituents is 1. The highest BCUT2D eigenvalue weighted by molar-refractivity contribution is 5.50. The van der Waals surface area contributed by atoms with Crippen molar-refractivity contribution in [2.24, 2.45) is 0 Å². The van der Waals surface area contributed by atoms with Gasteiger partial charge in [0.1, 0.15) is 5.75 Å². The van der Waals surface area contributed by atoms with Gasteiger partial charge in [-0.25, -0.2) is 0 Å². The zero-order valence-corrected chi connectivity index (χ0v) is 9.75. The quantitative estimate of drug-likeness (QED) is 0.727. The highest BCUT2D eigenvalue weighted by Gasteiger charge is 1.97. The molecule has 0 bridgehead atoms. The van der Waals surface area contributed by atoms with E-state index in [1.54, 1.807) is 6.07 Å². The van der Waals surface area contributed by atoms with Crippen molar-refractivity contribution in [3.8, 4) is 5.75 Å². The maximum atomic E-state index is 9.50. The smallest absolute Gasteiger partial charge is 0.120 e. The van der Waals surface area contributed by atoms with Gasteiger partial charge in [0.15, 0.2) is 0 Å². The normalized spacial score (nSPS) is 10.7. The number of aryl methyl sites for hydroxylation is 1. The molecule has 0 radical (unpaired) electrons. The summed E-state index contributed by atoms with van der Waals surface area (Å²) in [5.74, 6) is 0.354. The van der Waals surface area contributed by atoms with Crippen LogP contribution in [0.25, 0.3) is 0 Å². The van der Waals surface area contributed by atoms with Gasteiger partial charge in [-0.1, -0.05) is 6.07 Å². The summed E-state index contributed by atoms with van der Waals surface area (Å²) in [6.45, 7) is 3.90. The number of anilines is 1. The molecule has 0 atom stereocenters. The molecular formula is C12H20N2O. The van der Waals surface area contributed by atoms with E-state index in [-0.39, 0.29) is 0 Å². The number of rotatable bonds is 5. The molecule has 1 aromatic rings. The summed E-state index contributed by atoms with van der Waals surface area (Å²) in [6, 6.07) is 5.68. The van der Waals surface area contributed by atoms with Gasteiger partial charge in [-0.2, -0.15) is 0 Å². The van der Waals surface area contributed by atoms with E-state index in [0.29, 0.717) is 5.75 Å². The van der Waals surface area contributed by atoms with Crippen molar-refractivity contribution in [1.29, 1.82) is 0 Å². The van der Waals surface area contributed by atoms with Gasteiger partial charge in [-0.3, -0.25) is 0 Å². The number of benzene rings is 1. The molecule has 0 saturated heterocycles. The van der Waals surface area contributed by atoms with Gasteiger partial charge in [-0.05, 0) is 45.6 Å². The first-order valence-electron chi connectivity index (χ1n) is 5.28. The minimum absolute atomic E-state index is 0.354. The predicted molar refractivity (Wildman–Crippen MR) is 64.5 cm³/mol. The summed E-state index contributed by atoms with van der Waals surface area (Å²) in [5, 5.41) is 12.8. The van der Waals surface area contributed by atoms with Crippen molar-refractivity contribution in [3.63, 3.8) is 0 Å². The second-order valence-electron chi connectivity index (χ2n) is 4.08. The predicted octanol–water partition coefficient (Wildman–Crippen LogP) is 2.06. The summed E-state index contributed by atoms with van der Waals surface area (Å²) >= 11 is 0. The van der Waals surface area contributed by atoms with Crippen molar-refractivity contribution in [2.75, 3.05) is 32.5 Å². The topological polar surface area (TPSA) is 35.5 Å². The van der Waals surface area contributed by atoms with Crippen molar-refractivity contribution in [2.45, 2.75) is 13.3 Å². The number of hydrogen-bond donors (Lipinski definition) is 2. The molecule has 3 heteroatoms. The van der Waals surface area contributed by atoms with Crippen molar-refractivity contribution < 1.29 is 5.11 Å². The highest BCUT2D eigenvalue weighted by Crippen LogP contribution is 2.20. The van der Waals surface area contributed by atoms with Crippen LogP contribution >= 0.6 is 0 Å².